The van der Waals surface area contributed by atoms with E-state index in [1.807, 2.05) is 25.7 Å². The molecule has 0 aliphatic carbocycles. The fraction of sp³-hybridized carbons (Fsp3) is 0.941. The number of nitrogens with zero attached hydrogens (tertiary/aromatic N) is 2. The second-order valence-corrected chi connectivity index (χ2v) is 7.69. The van der Waals surface area contributed by atoms with Crippen molar-refractivity contribution < 1.29 is 9.53 Å². The summed E-state index contributed by atoms with van der Waals surface area (Å²) in [6, 6.07) is 1.03. The number of ether oxygens (including phenoxy) is 1. The summed E-state index contributed by atoms with van der Waals surface area (Å²) in [5.74, 6) is 0. The minimum atomic E-state index is -0.408. The minimum absolute atomic E-state index is 0.172. The van der Waals surface area contributed by atoms with Crippen LogP contribution in [0.1, 0.15) is 53.4 Å². The maximum absolute atomic E-state index is 12.1. The molecule has 2 heterocycles. The lowest BCUT2D eigenvalue weighted by Gasteiger charge is -2.33. The SMILES string of the molecule is CCCN1CCC(NC2CCN(C(=O)OC(C)(C)C)C2)CC1. The smallest absolute Gasteiger partial charge is 0.410 e. The van der Waals surface area contributed by atoms with E-state index in [0.29, 0.717) is 12.1 Å². The molecule has 128 valence electrons. The highest BCUT2D eigenvalue weighted by molar-refractivity contribution is 5.68. The number of amides is 1. The van der Waals surface area contributed by atoms with Crippen molar-refractivity contribution in [3.8, 4) is 0 Å². The highest BCUT2D eigenvalue weighted by atomic mass is 16.6. The number of carbonyl (C=O) groups is 1. The van der Waals surface area contributed by atoms with Gasteiger partial charge in [-0.15, -0.1) is 0 Å². The Hall–Kier alpha value is -0.810. The first-order valence-electron chi connectivity index (χ1n) is 8.83. The molecule has 2 aliphatic heterocycles. The van der Waals surface area contributed by atoms with Gasteiger partial charge in [-0.05, 0) is 66.1 Å². The quantitative estimate of drug-likeness (QED) is 0.866. The molecule has 0 spiro atoms. The normalized spacial score (nSPS) is 24.7. The van der Waals surface area contributed by atoms with E-state index in [1.54, 1.807) is 0 Å². The molecule has 2 saturated heterocycles. The molecule has 1 atom stereocenters. The van der Waals surface area contributed by atoms with Gasteiger partial charge in [0.05, 0.1) is 0 Å². The Morgan fingerprint density at radius 1 is 1.14 bits per heavy atom. The van der Waals surface area contributed by atoms with E-state index in [2.05, 4.69) is 17.1 Å². The fourth-order valence-corrected chi connectivity index (χ4v) is 3.36. The topological polar surface area (TPSA) is 44.8 Å². The number of carbonyl (C=O) groups excluding carboxylic acids is 1. The molecular weight excluding hydrogens is 278 g/mol. The third kappa shape index (κ3) is 5.43. The van der Waals surface area contributed by atoms with E-state index >= 15 is 0 Å². The molecule has 0 bridgehead atoms. The number of hydrogen-bond acceptors (Lipinski definition) is 4. The van der Waals surface area contributed by atoms with Crippen molar-refractivity contribution in [2.75, 3.05) is 32.7 Å². The highest BCUT2D eigenvalue weighted by Crippen LogP contribution is 2.18. The number of hydrogen-bond donors (Lipinski definition) is 1. The molecule has 1 N–H and O–H groups in total. The molecule has 1 amide bonds. The van der Waals surface area contributed by atoms with Gasteiger partial charge in [-0.2, -0.15) is 0 Å². The van der Waals surface area contributed by atoms with Crippen LogP contribution in [0.15, 0.2) is 0 Å². The average Bonchev–Trinajstić information content (AvgIpc) is 2.88. The van der Waals surface area contributed by atoms with Gasteiger partial charge < -0.3 is 19.9 Å². The van der Waals surface area contributed by atoms with Crippen molar-refractivity contribution in [3.63, 3.8) is 0 Å². The van der Waals surface area contributed by atoms with E-state index in [9.17, 15) is 4.79 Å². The minimum Gasteiger partial charge on any atom is -0.444 e. The van der Waals surface area contributed by atoms with Gasteiger partial charge in [0.15, 0.2) is 0 Å². The van der Waals surface area contributed by atoms with Crippen LogP contribution < -0.4 is 5.32 Å². The predicted molar refractivity (Wildman–Crippen MR) is 89.1 cm³/mol. The molecule has 0 aromatic carbocycles. The summed E-state index contributed by atoms with van der Waals surface area (Å²) in [5, 5.41) is 3.75. The molecule has 5 nitrogen and oxygen atoms in total. The van der Waals surface area contributed by atoms with Gasteiger partial charge in [-0.1, -0.05) is 6.92 Å². The van der Waals surface area contributed by atoms with Crippen molar-refractivity contribution in [1.82, 2.24) is 15.1 Å². The van der Waals surface area contributed by atoms with Crippen molar-refractivity contribution >= 4 is 6.09 Å². The van der Waals surface area contributed by atoms with Crippen LogP contribution in [0.5, 0.6) is 0 Å². The van der Waals surface area contributed by atoms with Gasteiger partial charge in [-0.3, -0.25) is 0 Å². The molecule has 0 saturated carbocycles. The summed E-state index contributed by atoms with van der Waals surface area (Å²) in [4.78, 5) is 16.5. The maximum atomic E-state index is 12.1. The largest absolute Gasteiger partial charge is 0.444 e. The van der Waals surface area contributed by atoms with Crippen LogP contribution in [0.3, 0.4) is 0 Å². The average molecular weight is 311 g/mol. The summed E-state index contributed by atoms with van der Waals surface area (Å²) >= 11 is 0. The van der Waals surface area contributed by atoms with Crippen LogP contribution in [0, 0.1) is 0 Å². The van der Waals surface area contributed by atoms with Gasteiger partial charge in [0, 0.05) is 25.2 Å². The highest BCUT2D eigenvalue weighted by Gasteiger charge is 2.31. The monoisotopic (exact) mass is 311 g/mol. The molecule has 0 aromatic heterocycles. The first-order valence-corrected chi connectivity index (χ1v) is 8.83. The van der Waals surface area contributed by atoms with Crippen molar-refractivity contribution in [2.45, 2.75) is 71.1 Å². The van der Waals surface area contributed by atoms with Crippen LogP contribution in [-0.4, -0.2) is 66.3 Å². The van der Waals surface area contributed by atoms with Gasteiger partial charge >= 0.3 is 6.09 Å². The molecule has 0 aromatic rings. The van der Waals surface area contributed by atoms with Gasteiger partial charge in [-0.25, -0.2) is 4.79 Å². The summed E-state index contributed by atoms with van der Waals surface area (Å²) < 4.78 is 5.45. The molecule has 2 aliphatic rings. The van der Waals surface area contributed by atoms with E-state index in [4.69, 9.17) is 4.74 Å². The first-order chi connectivity index (χ1) is 10.4. The second kappa shape index (κ2) is 7.64. The van der Waals surface area contributed by atoms with Gasteiger partial charge in [0.1, 0.15) is 5.60 Å². The molecule has 1 unspecified atom stereocenters. The summed E-state index contributed by atoms with van der Waals surface area (Å²) in [6.45, 7) is 13.2. The van der Waals surface area contributed by atoms with Gasteiger partial charge in [0.2, 0.25) is 0 Å². The van der Waals surface area contributed by atoms with Crippen molar-refractivity contribution in [1.29, 1.82) is 0 Å². The molecule has 22 heavy (non-hydrogen) atoms. The van der Waals surface area contributed by atoms with Crippen LogP contribution in [0.25, 0.3) is 0 Å². The molecule has 5 heteroatoms. The van der Waals surface area contributed by atoms with Crippen molar-refractivity contribution in [3.05, 3.63) is 0 Å². The van der Waals surface area contributed by atoms with Gasteiger partial charge in [0.25, 0.3) is 0 Å². The van der Waals surface area contributed by atoms with E-state index in [0.717, 1.165) is 19.5 Å². The molecule has 0 radical (unpaired) electrons. The molecule has 2 fully saturated rings. The fourth-order valence-electron chi connectivity index (χ4n) is 3.36. The summed E-state index contributed by atoms with van der Waals surface area (Å²) in [7, 11) is 0. The second-order valence-electron chi connectivity index (χ2n) is 7.69. The zero-order valence-electron chi connectivity index (χ0n) is 14.7. The standard InChI is InChI=1S/C17H33N3O2/c1-5-9-19-10-6-14(7-11-19)18-15-8-12-20(13-15)16(21)22-17(2,3)4/h14-15,18H,5-13H2,1-4H3. The lowest BCUT2D eigenvalue weighted by molar-refractivity contribution is 0.0289. The van der Waals surface area contributed by atoms with Crippen LogP contribution in [0.4, 0.5) is 4.79 Å². The molecular formula is C17H33N3O2. The van der Waals surface area contributed by atoms with E-state index in [-0.39, 0.29) is 6.09 Å². The third-order valence-corrected chi connectivity index (χ3v) is 4.44. The number of rotatable bonds is 4. The van der Waals surface area contributed by atoms with E-state index in [1.165, 1.54) is 38.9 Å². The Labute approximate surface area is 135 Å². The Balaban J connectivity index is 1.70. The summed E-state index contributed by atoms with van der Waals surface area (Å²) in [6.07, 6.45) is 4.56. The number of likely N-dealkylation sites (tertiary alicyclic amines) is 2. The predicted octanol–water partition coefficient (Wildman–Crippen LogP) is 2.46. The summed E-state index contributed by atoms with van der Waals surface area (Å²) in [5.41, 5.74) is -0.408. The lowest BCUT2D eigenvalue weighted by Crippen LogP contribution is -2.47. The van der Waals surface area contributed by atoms with Crippen molar-refractivity contribution in [2.24, 2.45) is 0 Å². The third-order valence-electron chi connectivity index (χ3n) is 4.44. The van der Waals surface area contributed by atoms with E-state index < -0.39 is 5.60 Å². The Morgan fingerprint density at radius 3 is 2.36 bits per heavy atom. The van der Waals surface area contributed by atoms with Crippen LogP contribution >= 0.6 is 0 Å². The lowest BCUT2D eigenvalue weighted by atomic mass is 10.0. The van der Waals surface area contributed by atoms with Crippen LogP contribution in [0.2, 0.25) is 0 Å². The van der Waals surface area contributed by atoms with Crippen LogP contribution in [-0.2, 0) is 4.74 Å². The first kappa shape index (κ1) is 17.5. The molecule has 2 rings (SSSR count). The number of piperidine rings is 1. The zero-order valence-corrected chi connectivity index (χ0v) is 14.7. The Bertz CT molecular complexity index is 359. The Morgan fingerprint density at radius 2 is 1.77 bits per heavy atom. The zero-order chi connectivity index (χ0) is 16.2. The number of nitrogens with one attached hydrogen (secondary N) is 1. The Kier molecular flexibility index (Phi) is 6.09. The maximum Gasteiger partial charge on any atom is 0.410 e.